The minimum atomic E-state index is -0.788. The molecule has 2 aliphatic rings. The summed E-state index contributed by atoms with van der Waals surface area (Å²) in [5.41, 5.74) is 8.84. The Morgan fingerprint density at radius 3 is 2.69 bits per heavy atom. The van der Waals surface area contributed by atoms with E-state index in [1.165, 1.54) is 11.9 Å². The van der Waals surface area contributed by atoms with Crippen LogP contribution in [0.2, 0.25) is 0 Å². The third kappa shape index (κ3) is 4.22. The molecule has 0 radical (unpaired) electrons. The fraction of sp³-hybridized carbons (Fsp3) is 0.458. The van der Waals surface area contributed by atoms with E-state index in [0.29, 0.717) is 35.1 Å². The number of fused-ring (bicyclic) bond motifs is 2. The number of imidazole rings is 1. The number of hydrazine groups is 1. The molecule has 12 nitrogen and oxygen atoms in total. The van der Waals surface area contributed by atoms with Crippen LogP contribution in [0.25, 0.3) is 11.2 Å². The number of aromatic nitrogens is 6. The average molecular weight is 493 g/mol. The molecule has 2 fully saturated rings. The quantitative estimate of drug-likeness (QED) is 0.278. The van der Waals surface area contributed by atoms with Crippen molar-refractivity contribution in [3.8, 4) is 0 Å². The van der Waals surface area contributed by atoms with Gasteiger partial charge in [-0.3, -0.25) is 4.57 Å². The second-order valence-corrected chi connectivity index (χ2v) is 9.25. The van der Waals surface area contributed by atoms with Gasteiger partial charge in [-0.2, -0.15) is 4.98 Å². The molecule has 36 heavy (non-hydrogen) atoms. The van der Waals surface area contributed by atoms with Crippen LogP contribution in [0.15, 0.2) is 47.5 Å². The molecule has 0 amide bonds. The third-order valence-electron chi connectivity index (χ3n) is 6.29. The van der Waals surface area contributed by atoms with E-state index in [0.717, 1.165) is 13.0 Å². The molecule has 2 saturated heterocycles. The molecule has 4 atom stereocenters. The zero-order valence-electron chi connectivity index (χ0n) is 20.3. The summed E-state index contributed by atoms with van der Waals surface area (Å²) in [4.78, 5) is 17.9. The summed E-state index contributed by atoms with van der Waals surface area (Å²) in [5, 5.41) is 4.02. The first-order chi connectivity index (χ1) is 17.5. The van der Waals surface area contributed by atoms with Crippen LogP contribution in [0.1, 0.15) is 50.4 Å². The van der Waals surface area contributed by atoms with E-state index in [-0.39, 0.29) is 0 Å². The molecule has 0 spiro atoms. The zero-order valence-corrected chi connectivity index (χ0v) is 20.3. The first-order valence-corrected chi connectivity index (χ1v) is 12.1. The first kappa shape index (κ1) is 23.0. The van der Waals surface area contributed by atoms with Gasteiger partial charge in [0, 0.05) is 13.0 Å². The number of rotatable bonds is 8. The van der Waals surface area contributed by atoms with Gasteiger partial charge in [-0.15, -0.1) is 0 Å². The smallest absolute Gasteiger partial charge is 0.258 e. The number of nitrogens with zero attached hydrogens (tertiary/aromatic N) is 6. The normalized spacial score (nSPS) is 24.9. The van der Waals surface area contributed by atoms with Crippen molar-refractivity contribution in [3.05, 3.63) is 60.3 Å². The van der Waals surface area contributed by atoms with Crippen molar-refractivity contribution in [1.82, 2.24) is 35.1 Å². The summed E-state index contributed by atoms with van der Waals surface area (Å²) >= 11 is 0. The van der Waals surface area contributed by atoms with Gasteiger partial charge in [-0.1, -0.05) is 42.4 Å². The number of hydrogen-bond donors (Lipinski definition) is 2. The SMILES string of the molecule is CCc1noc([C@H]2O[C@@H](n3cnc4c(NNCCc5ccccc5)ncnc43)[C@@H]3OC(C)(C)O[C@@H]32)n1. The molecule has 6 rings (SSSR count). The largest absolute Gasteiger partial charge is 0.341 e. The summed E-state index contributed by atoms with van der Waals surface area (Å²) in [7, 11) is 0. The topological polar surface area (TPSA) is 134 Å². The summed E-state index contributed by atoms with van der Waals surface area (Å²) in [6.45, 7) is 6.44. The lowest BCUT2D eigenvalue weighted by atomic mass is 10.1. The standard InChI is InChI=1S/C24H28N8O4/c1-4-15-29-22(36-31-15)18-17-19(35-24(2,3)34-17)23(33-18)32-13-27-16-20(25-12-26-21(16)32)30-28-11-10-14-8-6-5-7-9-14/h5-9,12-13,17-19,23,28H,4,10-11H2,1-3H3,(H,25,26,30)/t17-,18+,19-,23-/m1/s1. The van der Waals surface area contributed by atoms with Crippen LogP contribution in [0.4, 0.5) is 5.82 Å². The summed E-state index contributed by atoms with van der Waals surface area (Å²) in [6, 6.07) is 10.3. The van der Waals surface area contributed by atoms with Crippen molar-refractivity contribution in [2.45, 2.75) is 63.9 Å². The van der Waals surface area contributed by atoms with Gasteiger partial charge in [0.1, 0.15) is 18.5 Å². The Kier molecular flexibility index (Phi) is 5.88. The number of aryl methyl sites for hydroxylation is 1. The van der Waals surface area contributed by atoms with Gasteiger partial charge in [-0.05, 0) is 25.8 Å². The van der Waals surface area contributed by atoms with Gasteiger partial charge >= 0.3 is 0 Å². The van der Waals surface area contributed by atoms with Crippen molar-refractivity contribution < 1.29 is 18.7 Å². The Balaban J connectivity index is 1.23. The molecule has 4 aromatic rings. The van der Waals surface area contributed by atoms with E-state index < -0.39 is 30.3 Å². The van der Waals surface area contributed by atoms with Crippen LogP contribution in [-0.2, 0) is 27.1 Å². The number of nitrogens with one attached hydrogen (secondary N) is 2. The van der Waals surface area contributed by atoms with Gasteiger partial charge < -0.3 is 24.2 Å². The van der Waals surface area contributed by atoms with Gasteiger partial charge in [0.15, 0.2) is 40.9 Å². The van der Waals surface area contributed by atoms with Gasteiger partial charge in [0.25, 0.3) is 5.89 Å². The van der Waals surface area contributed by atoms with Gasteiger partial charge in [-0.25, -0.2) is 20.4 Å². The molecular formula is C24H28N8O4. The average Bonchev–Trinajstić information content (AvgIpc) is 3.65. The number of hydrogen-bond acceptors (Lipinski definition) is 11. The fourth-order valence-electron chi connectivity index (χ4n) is 4.65. The van der Waals surface area contributed by atoms with E-state index >= 15 is 0 Å². The summed E-state index contributed by atoms with van der Waals surface area (Å²) in [5.74, 6) is 0.772. The highest BCUT2D eigenvalue weighted by atomic mass is 16.8. The highest BCUT2D eigenvalue weighted by Gasteiger charge is 2.58. The van der Waals surface area contributed by atoms with Crippen LogP contribution in [0.3, 0.4) is 0 Å². The first-order valence-electron chi connectivity index (χ1n) is 12.1. The van der Waals surface area contributed by atoms with E-state index in [9.17, 15) is 0 Å². The van der Waals surface area contributed by atoms with Crippen molar-refractivity contribution in [1.29, 1.82) is 0 Å². The van der Waals surface area contributed by atoms with Crippen LogP contribution in [-0.4, -0.2) is 54.2 Å². The Morgan fingerprint density at radius 1 is 1.06 bits per heavy atom. The Labute approximate surface area is 207 Å². The number of benzene rings is 1. The minimum Gasteiger partial charge on any atom is -0.341 e. The van der Waals surface area contributed by atoms with Crippen LogP contribution >= 0.6 is 0 Å². The van der Waals surface area contributed by atoms with Crippen molar-refractivity contribution >= 4 is 17.0 Å². The second-order valence-electron chi connectivity index (χ2n) is 9.25. The van der Waals surface area contributed by atoms with Crippen molar-refractivity contribution in [2.24, 2.45) is 0 Å². The van der Waals surface area contributed by atoms with Gasteiger partial charge in [0.2, 0.25) is 0 Å². The Morgan fingerprint density at radius 2 is 1.89 bits per heavy atom. The molecule has 188 valence electrons. The Bertz CT molecular complexity index is 1340. The van der Waals surface area contributed by atoms with Gasteiger partial charge in [0.05, 0.1) is 6.33 Å². The maximum atomic E-state index is 6.39. The molecule has 3 aromatic heterocycles. The van der Waals surface area contributed by atoms with Crippen LogP contribution < -0.4 is 10.9 Å². The van der Waals surface area contributed by atoms with E-state index in [2.05, 4.69) is 48.1 Å². The predicted octanol–water partition coefficient (Wildman–Crippen LogP) is 2.72. The van der Waals surface area contributed by atoms with E-state index in [1.807, 2.05) is 43.5 Å². The van der Waals surface area contributed by atoms with E-state index in [4.69, 9.17) is 18.7 Å². The molecule has 0 bridgehead atoms. The Hall–Kier alpha value is -3.45. The van der Waals surface area contributed by atoms with Crippen LogP contribution in [0, 0.1) is 0 Å². The maximum Gasteiger partial charge on any atom is 0.258 e. The highest BCUT2D eigenvalue weighted by Crippen LogP contribution is 2.49. The van der Waals surface area contributed by atoms with E-state index in [1.54, 1.807) is 6.33 Å². The van der Waals surface area contributed by atoms with Crippen LogP contribution in [0.5, 0.6) is 0 Å². The second kappa shape index (κ2) is 9.21. The number of ether oxygens (including phenoxy) is 3. The van der Waals surface area contributed by atoms with Crippen molar-refractivity contribution in [3.63, 3.8) is 0 Å². The lowest BCUT2D eigenvalue weighted by Gasteiger charge is -2.23. The fourth-order valence-corrected chi connectivity index (χ4v) is 4.65. The molecular weight excluding hydrogens is 464 g/mol. The highest BCUT2D eigenvalue weighted by molar-refractivity contribution is 5.82. The molecule has 5 heterocycles. The maximum absolute atomic E-state index is 6.39. The molecule has 12 heteroatoms. The molecule has 0 saturated carbocycles. The minimum absolute atomic E-state index is 0.370. The lowest BCUT2D eigenvalue weighted by molar-refractivity contribution is -0.199. The predicted molar refractivity (Wildman–Crippen MR) is 127 cm³/mol. The molecule has 0 aliphatic carbocycles. The zero-order chi connectivity index (χ0) is 24.7. The number of anilines is 1. The molecule has 0 unspecified atom stereocenters. The van der Waals surface area contributed by atoms with Crippen molar-refractivity contribution in [2.75, 3.05) is 12.0 Å². The monoisotopic (exact) mass is 492 g/mol. The summed E-state index contributed by atoms with van der Waals surface area (Å²) in [6.07, 6.45) is 2.73. The molecule has 2 N–H and O–H groups in total. The molecule has 2 aliphatic heterocycles. The summed E-state index contributed by atoms with van der Waals surface area (Å²) < 4.78 is 26.1. The third-order valence-corrected chi connectivity index (χ3v) is 6.29. The lowest BCUT2D eigenvalue weighted by Crippen LogP contribution is -2.28. The molecule has 1 aromatic carbocycles.